The van der Waals surface area contributed by atoms with Crippen LogP contribution in [-0.2, 0) is 12.3 Å². The number of hydrogen-bond donors (Lipinski definition) is 0. The second-order valence-corrected chi connectivity index (χ2v) is 11.8. The molecule has 5 rings (SSSR count). The summed E-state index contributed by atoms with van der Waals surface area (Å²) in [5.74, 6) is 0. The molecule has 4 aromatic carbocycles. The highest BCUT2D eigenvalue weighted by atomic mass is 31.1. The minimum atomic E-state index is -0.123. The molecule has 0 N–H and O–H groups in total. The van der Waals surface area contributed by atoms with Crippen molar-refractivity contribution in [3.63, 3.8) is 0 Å². The first kappa shape index (κ1) is 17.0. The zero-order valence-corrected chi connectivity index (χ0v) is 17.2. The highest BCUT2D eigenvalue weighted by molar-refractivity contribution is 7.57. The van der Waals surface area contributed by atoms with E-state index in [1.54, 1.807) is 0 Å². The molecule has 0 spiro atoms. The molecule has 0 aliphatic carbocycles. The molecule has 1 heteroatoms. The van der Waals surface area contributed by atoms with Gasteiger partial charge in [0.1, 0.15) is 0 Å². The Labute approximate surface area is 163 Å². The van der Waals surface area contributed by atoms with Crippen molar-refractivity contribution in [3.8, 4) is 11.1 Å². The molecule has 0 saturated carbocycles. The molecule has 0 radical (unpaired) electrons. The molecule has 0 fully saturated rings. The summed E-state index contributed by atoms with van der Waals surface area (Å²) >= 11 is 0. The van der Waals surface area contributed by atoms with Crippen LogP contribution in [0.3, 0.4) is 0 Å². The standard InChI is InChI=1S/C26H25P/c1-26(2,3)27-16-22-12-18-8-4-6-10-20(18)14-24(22)25-15-21-11-7-5-9-19(21)13-23(25)17-27/h4-15H,16-17H2,1-3H3. The first-order valence-electron chi connectivity index (χ1n) is 9.78. The van der Waals surface area contributed by atoms with Gasteiger partial charge in [-0.1, -0.05) is 89.4 Å². The van der Waals surface area contributed by atoms with Gasteiger partial charge in [-0.05, 0) is 73.4 Å². The third-order valence-electron chi connectivity index (χ3n) is 5.90. The first-order chi connectivity index (χ1) is 13.0. The van der Waals surface area contributed by atoms with Crippen molar-refractivity contribution < 1.29 is 0 Å². The Morgan fingerprint density at radius 3 is 1.33 bits per heavy atom. The van der Waals surface area contributed by atoms with E-state index < -0.39 is 0 Å². The van der Waals surface area contributed by atoms with Crippen molar-refractivity contribution in [1.82, 2.24) is 0 Å². The molecular weight excluding hydrogens is 343 g/mol. The van der Waals surface area contributed by atoms with Crippen LogP contribution in [0, 0.1) is 0 Å². The molecule has 0 unspecified atom stereocenters. The maximum absolute atomic E-state index is 2.45. The van der Waals surface area contributed by atoms with Crippen molar-refractivity contribution in [1.29, 1.82) is 0 Å². The summed E-state index contributed by atoms with van der Waals surface area (Å²) in [6.07, 6.45) is 2.42. The molecule has 134 valence electrons. The van der Waals surface area contributed by atoms with E-state index in [2.05, 4.69) is 93.6 Å². The molecule has 0 amide bonds. The summed E-state index contributed by atoms with van der Waals surface area (Å²) < 4.78 is 0. The Kier molecular flexibility index (Phi) is 3.88. The van der Waals surface area contributed by atoms with Gasteiger partial charge in [0, 0.05) is 0 Å². The lowest BCUT2D eigenvalue weighted by Crippen LogP contribution is -2.13. The van der Waals surface area contributed by atoms with E-state index >= 15 is 0 Å². The zero-order chi connectivity index (χ0) is 18.6. The van der Waals surface area contributed by atoms with Gasteiger partial charge in [0.2, 0.25) is 0 Å². The summed E-state index contributed by atoms with van der Waals surface area (Å²) in [6, 6.07) is 27.4. The van der Waals surface area contributed by atoms with Gasteiger partial charge in [-0.25, -0.2) is 0 Å². The van der Waals surface area contributed by atoms with Gasteiger partial charge in [0.05, 0.1) is 0 Å². The molecule has 0 bridgehead atoms. The maximum atomic E-state index is 2.45. The average molecular weight is 368 g/mol. The van der Waals surface area contributed by atoms with Crippen LogP contribution in [-0.4, -0.2) is 5.16 Å². The molecule has 1 aliphatic heterocycles. The minimum Gasteiger partial charge on any atom is -0.0921 e. The Balaban J connectivity index is 1.83. The topological polar surface area (TPSA) is 0 Å². The predicted molar refractivity (Wildman–Crippen MR) is 121 cm³/mol. The van der Waals surface area contributed by atoms with Gasteiger partial charge in [-0.3, -0.25) is 0 Å². The third-order valence-corrected chi connectivity index (χ3v) is 9.25. The van der Waals surface area contributed by atoms with E-state index in [0.29, 0.717) is 5.16 Å². The van der Waals surface area contributed by atoms with Crippen LogP contribution in [0.5, 0.6) is 0 Å². The van der Waals surface area contributed by atoms with E-state index in [0.717, 1.165) is 0 Å². The van der Waals surface area contributed by atoms with Crippen molar-refractivity contribution >= 4 is 29.5 Å². The van der Waals surface area contributed by atoms with Crippen LogP contribution in [0.1, 0.15) is 31.9 Å². The van der Waals surface area contributed by atoms with Gasteiger partial charge >= 0.3 is 0 Å². The zero-order valence-electron chi connectivity index (χ0n) is 16.3. The average Bonchev–Trinajstić information content (AvgIpc) is 2.80. The van der Waals surface area contributed by atoms with Crippen LogP contribution in [0.2, 0.25) is 0 Å². The number of fused-ring (bicyclic) bond motifs is 5. The smallest absolute Gasteiger partial charge is 0.00590 e. The second-order valence-electron chi connectivity index (χ2n) is 8.74. The van der Waals surface area contributed by atoms with Crippen molar-refractivity contribution in [2.45, 2.75) is 38.3 Å². The number of hydrogen-bond acceptors (Lipinski definition) is 0. The van der Waals surface area contributed by atoms with Gasteiger partial charge in [0.25, 0.3) is 0 Å². The van der Waals surface area contributed by atoms with Gasteiger partial charge in [0.15, 0.2) is 0 Å². The highest BCUT2D eigenvalue weighted by Crippen LogP contribution is 2.58. The molecule has 0 atom stereocenters. The monoisotopic (exact) mass is 368 g/mol. The van der Waals surface area contributed by atoms with Gasteiger partial charge in [-0.2, -0.15) is 0 Å². The maximum Gasteiger partial charge on any atom is -0.00590 e. The van der Waals surface area contributed by atoms with Crippen LogP contribution in [0.4, 0.5) is 0 Å². The van der Waals surface area contributed by atoms with E-state index in [9.17, 15) is 0 Å². The molecule has 1 aliphatic rings. The van der Waals surface area contributed by atoms with E-state index in [1.165, 1.54) is 56.1 Å². The fourth-order valence-electron chi connectivity index (χ4n) is 4.28. The van der Waals surface area contributed by atoms with Crippen LogP contribution in [0.25, 0.3) is 32.7 Å². The summed E-state index contributed by atoms with van der Waals surface area (Å²) in [7, 11) is -0.123. The van der Waals surface area contributed by atoms with E-state index in [1.807, 2.05) is 0 Å². The van der Waals surface area contributed by atoms with E-state index in [4.69, 9.17) is 0 Å². The summed E-state index contributed by atoms with van der Waals surface area (Å²) in [5, 5.41) is 5.77. The largest absolute Gasteiger partial charge is 0.0921 e. The molecule has 4 aromatic rings. The van der Waals surface area contributed by atoms with Crippen LogP contribution >= 0.6 is 7.92 Å². The Bertz CT molecular complexity index is 1080. The summed E-state index contributed by atoms with van der Waals surface area (Å²) in [6.45, 7) is 7.27. The Morgan fingerprint density at radius 1 is 0.593 bits per heavy atom. The van der Waals surface area contributed by atoms with E-state index in [-0.39, 0.29) is 7.92 Å². The van der Waals surface area contributed by atoms with Gasteiger partial charge in [-0.15, -0.1) is 0 Å². The normalized spacial score (nSPS) is 14.8. The minimum absolute atomic E-state index is 0.123. The van der Waals surface area contributed by atoms with Crippen LogP contribution in [0.15, 0.2) is 72.8 Å². The lowest BCUT2D eigenvalue weighted by atomic mass is 9.92. The molecule has 1 heterocycles. The lowest BCUT2D eigenvalue weighted by Gasteiger charge is -2.31. The lowest BCUT2D eigenvalue weighted by molar-refractivity contribution is 0.777. The third kappa shape index (κ3) is 2.97. The molecular formula is C26H25P. The van der Waals surface area contributed by atoms with Crippen molar-refractivity contribution in [2.24, 2.45) is 0 Å². The predicted octanol–water partition coefficient (Wildman–Crippen LogP) is 7.95. The SMILES string of the molecule is CC(C)(C)P1Cc2cc3ccccc3cc2-c2cc3ccccc3cc2C1. The molecule has 0 saturated heterocycles. The summed E-state index contributed by atoms with van der Waals surface area (Å²) in [4.78, 5) is 0. The molecule has 27 heavy (non-hydrogen) atoms. The molecule has 0 nitrogen and oxygen atoms in total. The summed E-state index contributed by atoms with van der Waals surface area (Å²) in [5.41, 5.74) is 5.96. The Morgan fingerprint density at radius 2 is 0.963 bits per heavy atom. The van der Waals surface area contributed by atoms with Crippen LogP contribution < -0.4 is 0 Å². The quantitative estimate of drug-likeness (QED) is 0.276. The number of benzene rings is 4. The highest BCUT2D eigenvalue weighted by Gasteiger charge is 2.29. The molecule has 0 aromatic heterocycles. The first-order valence-corrected chi connectivity index (χ1v) is 11.5. The van der Waals surface area contributed by atoms with Crippen molar-refractivity contribution in [2.75, 3.05) is 0 Å². The second kappa shape index (κ2) is 6.18. The fraction of sp³-hybridized carbons (Fsp3) is 0.231. The number of rotatable bonds is 0. The fourth-order valence-corrected chi connectivity index (χ4v) is 6.69. The van der Waals surface area contributed by atoms with Gasteiger partial charge < -0.3 is 0 Å². The Hall–Kier alpha value is -2.17. The van der Waals surface area contributed by atoms with Crippen molar-refractivity contribution in [3.05, 3.63) is 83.9 Å².